The van der Waals surface area contributed by atoms with Crippen molar-refractivity contribution in [1.29, 1.82) is 0 Å². The van der Waals surface area contributed by atoms with Gasteiger partial charge < -0.3 is 15.8 Å². The second-order valence-corrected chi connectivity index (χ2v) is 7.35. The lowest BCUT2D eigenvalue weighted by atomic mass is 10.2. The highest BCUT2D eigenvalue weighted by Gasteiger charge is 2.25. The number of hydrogen-bond donors (Lipinski definition) is 2. The number of benzene rings is 1. The van der Waals surface area contributed by atoms with E-state index in [9.17, 15) is 19.2 Å². The van der Waals surface area contributed by atoms with Crippen molar-refractivity contribution in [2.75, 3.05) is 16.8 Å². The second kappa shape index (κ2) is 8.82. The average molecular weight is 416 g/mol. The number of amides is 3. The fourth-order valence-corrected chi connectivity index (χ4v) is 3.62. The maximum Gasteiger partial charge on any atom is 0.312 e. The fourth-order valence-electron chi connectivity index (χ4n) is 2.75. The van der Waals surface area contributed by atoms with E-state index < -0.39 is 23.9 Å². The highest BCUT2D eigenvalue weighted by atomic mass is 32.1. The largest absolute Gasteiger partial charge is 0.452 e. The van der Waals surface area contributed by atoms with E-state index >= 15 is 0 Å². The summed E-state index contributed by atoms with van der Waals surface area (Å²) in [4.78, 5) is 53.1. The van der Waals surface area contributed by atoms with Gasteiger partial charge in [0.05, 0.1) is 12.1 Å². The number of nitrogens with zero attached hydrogens (tertiary/aromatic N) is 2. The van der Waals surface area contributed by atoms with Gasteiger partial charge in [0.25, 0.3) is 5.91 Å². The minimum atomic E-state index is -1.02. The summed E-state index contributed by atoms with van der Waals surface area (Å²) in [5, 5.41) is 4.87. The molecule has 3 N–H and O–H groups in total. The minimum Gasteiger partial charge on any atom is -0.452 e. The smallest absolute Gasteiger partial charge is 0.312 e. The molecular weight excluding hydrogens is 396 g/mol. The number of rotatable bonds is 7. The molecular formula is C19H20N4O5S. The number of nitrogens with two attached hydrogens (primary N) is 1. The van der Waals surface area contributed by atoms with Crippen molar-refractivity contribution in [1.82, 2.24) is 4.98 Å². The summed E-state index contributed by atoms with van der Waals surface area (Å²) in [6.07, 6.45) is 0.197. The Bertz CT molecular complexity index is 940. The summed E-state index contributed by atoms with van der Waals surface area (Å²) >= 11 is 1.30. The van der Waals surface area contributed by atoms with Gasteiger partial charge in [-0.15, -0.1) is 11.3 Å². The highest BCUT2D eigenvalue weighted by Crippen LogP contribution is 2.25. The molecule has 3 amide bonds. The van der Waals surface area contributed by atoms with Crippen LogP contribution in [-0.4, -0.2) is 41.3 Å². The molecule has 9 nitrogen and oxygen atoms in total. The molecule has 29 heavy (non-hydrogen) atoms. The van der Waals surface area contributed by atoms with Gasteiger partial charge >= 0.3 is 5.97 Å². The van der Waals surface area contributed by atoms with Gasteiger partial charge in [-0.3, -0.25) is 24.1 Å². The Morgan fingerprint density at radius 2 is 2.03 bits per heavy atom. The molecule has 0 saturated carbocycles. The molecule has 152 valence electrons. The number of aromatic nitrogens is 1. The number of ether oxygens (including phenoxy) is 1. The molecule has 0 bridgehead atoms. The van der Waals surface area contributed by atoms with Crippen molar-refractivity contribution in [2.45, 2.75) is 32.3 Å². The Labute approximate surface area is 170 Å². The third-order valence-corrected chi connectivity index (χ3v) is 5.20. The molecule has 0 aliphatic carbocycles. The van der Waals surface area contributed by atoms with Crippen molar-refractivity contribution in [3.05, 3.63) is 40.9 Å². The number of thiazole rings is 1. The van der Waals surface area contributed by atoms with Gasteiger partial charge in [0.1, 0.15) is 0 Å². The van der Waals surface area contributed by atoms with Crippen LogP contribution in [-0.2, 0) is 25.5 Å². The molecule has 2 heterocycles. The topological polar surface area (TPSA) is 132 Å². The minimum absolute atomic E-state index is 0.0302. The van der Waals surface area contributed by atoms with E-state index in [1.807, 2.05) is 0 Å². The predicted octanol–water partition coefficient (Wildman–Crippen LogP) is 1.48. The number of esters is 1. The number of primary amides is 1. The van der Waals surface area contributed by atoms with E-state index in [0.29, 0.717) is 35.0 Å². The standard InChI is InChI=1S/C19H20N4O5S/c1-11(18(27)21-13-6-4-12(5-7-13)17(20)26)28-16(25)9-14-10-29-19(22-14)23-8-2-3-15(23)24/h4-7,10-11H,2-3,8-9H2,1H3,(H2,20,26)(H,21,27)/t11-/m0/s1. The summed E-state index contributed by atoms with van der Waals surface area (Å²) in [5.74, 6) is -1.64. The van der Waals surface area contributed by atoms with Crippen molar-refractivity contribution in [3.63, 3.8) is 0 Å². The Hall–Kier alpha value is -3.27. The van der Waals surface area contributed by atoms with Gasteiger partial charge in [0.2, 0.25) is 11.8 Å². The third-order valence-electron chi connectivity index (χ3n) is 4.28. The molecule has 3 rings (SSSR count). The van der Waals surface area contributed by atoms with Gasteiger partial charge in [-0.05, 0) is 37.6 Å². The molecule has 1 aliphatic heterocycles. The van der Waals surface area contributed by atoms with Crippen molar-refractivity contribution < 1.29 is 23.9 Å². The number of hydrogen-bond acceptors (Lipinski definition) is 7. The molecule has 1 aliphatic rings. The normalized spacial score (nSPS) is 14.5. The van der Waals surface area contributed by atoms with Gasteiger partial charge in [-0.2, -0.15) is 0 Å². The summed E-state index contributed by atoms with van der Waals surface area (Å²) < 4.78 is 5.17. The third kappa shape index (κ3) is 5.17. The summed E-state index contributed by atoms with van der Waals surface area (Å²) in [5.41, 5.74) is 6.42. The zero-order valence-corrected chi connectivity index (χ0v) is 16.5. The van der Waals surface area contributed by atoms with Crippen LogP contribution in [0, 0.1) is 0 Å². The number of nitrogens with one attached hydrogen (secondary N) is 1. The molecule has 0 radical (unpaired) electrons. The Morgan fingerprint density at radius 1 is 1.31 bits per heavy atom. The molecule has 1 fully saturated rings. The van der Waals surface area contributed by atoms with Crippen LogP contribution in [0.4, 0.5) is 10.8 Å². The van der Waals surface area contributed by atoms with E-state index in [2.05, 4.69) is 10.3 Å². The van der Waals surface area contributed by atoms with Crippen LogP contribution in [0.15, 0.2) is 29.6 Å². The van der Waals surface area contributed by atoms with Crippen LogP contribution in [0.5, 0.6) is 0 Å². The molecule has 0 unspecified atom stereocenters. The van der Waals surface area contributed by atoms with Crippen LogP contribution in [0.25, 0.3) is 0 Å². The number of anilines is 2. The average Bonchev–Trinajstić information content (AvgIpc) is 3.30. The zero-order chi connectivity index (χ0) is 21.0. The molecule has 1 saturated heterocycles. The predicted molar refractivity (Wildman–Crippen MR) is 107 cm³/mol. The van der Waals surface area contributed by atoms with Crippen LogP contribution < -0.4 is 16.0 Å². The maximum absolute atomic E-state index is 12.2. The lowest BCUT2D eigenvalue weighted by molar-refractivity contribution is -0.152. The Morgan fingerprint density at radius 3 is 2.66 bits per heavy atom. The first kappa shape index (κ1) is 20.5. The van der Waals surface area contributed by atoms with E-state index in [1.165, 1.54) is 42.5 Å². The zero-order valence-electron chi connectivity index (χ0n) is 15.7. The maximum atomic E-state index is 12.2. The van der Waals surface area contributed by atoms with E-state index in [4.69, 9.17) is 10.5 Å². The van der Waals surface area contributed by atoms with Crippen LogP contribution in [0.2, 0.25) is 0 Å². The second-order valence-electron chi connectivity index (χ2n) is 6.51. The molecule has 0 spiro atoms. The molecule has 1 aromatic heterocycles. The van der Waals surface area contributed by atoms with Crippen molar-refractivity contribution >= 4 is 45.8 Å². The lowest BCUT2D eigenvalue weighted by Gasteiger charge is -2.13. The van der Waals surface area contributed by atoms with Crippen LogP contribution >= 0.6 is 11.3 Å². The van der Waals surface area contributed by atoms with E-state index in [0.717, 1.165) is 6.42 Å². The first-order valence-corrected chi connectivity index (χ1v) is 9.86. The van der Waals surface area contributed by atoms with Gasteiger partial charge in [0, 0.05) is 29.6 Å². The lowest BCUT2D eigenvalue weighted by Crippen LogP contribution is -2.30. The van der Waals surface area contributed by atoms with Crippen LogP contribution in [0.3, 0.4) is 0 Å². The number of carbonyl (C=O) groups excluding carboxylic acids is 4. The SMILES string of the molecule is C[C@H](OC(=O)Cc1csc(N2CCCC2=O)n1)C(=O)Nc1ccc(C(N)=O)cc1. The van der Waals surface area contributed by atoms with Gasteiger partial charge in [-0.1, -0.05) is 0 Å². The summed E-state index contributed by atoms with van der Waals surface area (Å²) in [6.45, 7) is 2.09. The Balaban J connectivity index is 1.50. The van der Waals surface area contributed by atoms with Crippen LogP contribution in [0.1, 0.15) is 35.8 Å². The van der Waals surface area contributed by atoms with E-state index in [1.54, 1.807) is 10.3 Å². The molecule has 1 aromatic carbocycles. The Kier molecular flexibility index (Phi) is 6.23. The van der Waals surface area contributed by atoms with Gasteiger partial charge in [0.15, 0.2) is 11.2 Å². The van der Waals surface area contributed by atoms with Gasteiger partial charge in [-0.25, -0.2) is 4.98 Å². The van der Waals surface area contributed by atoms with Crippen molar-refractivity contribution in [3.8, 4) is 0 Å². The number of carbonyl (C=O) groups is 4. The quantitative estimate of drug-likeness (QED) is 0.657. The molecule has 2 aromatic rings. The fraction of sp³-hybridized carbons (Fsp3) is 0.316. The first-order valence-electron chi connectivity index (χ1n) is 8.98. The summed E-state index contributed by atoms with van der Waals surface area (Å²) in [6, 6.07) is 6.03. The molecule has 10 heteroatoms. The first-order chi connectivity index (χ1) is 13.8. The van der Waals surface area contributed by atoms with Crippen molar-refractivity contribution in [2.24, 2.45) is 5.73 Å². The summed E-state index contributed by atoms with van der Waals surface area (Å²) in [7, 11) is 0. The molecule has 1 atom stereocenters. The van der Waals surface area contributed by atoms with E-state index in [-0.39, 0.29) is 12.3 Å². The monoisotopic (exact) mass is 416 g/mol. The highest BCUT2D eigenvalue weighted by molar-refractivity contribution is 7.14.